The Hall–Kier alpha value is -2.61. The summed E-state index contributed by atoms with van der Waals surface area (Å²) in [6.07, 6.45) is 2.40. The third-order valence-corrected chi connectivity index (χ3v) is 4.16. The van der Waals surface area contributed by atoms with Crippen molar-refractivity contribution >= 4 is 11.6 Å². The highest BCUT2D eigenvalue weighted by molar-refractivity contribution is 5.46. The highest BCUT2D eigenvalue weighted by Crippen LogP contribution is 2.23. The first-order valence-corrected chi connectivity index (χ1v) is 8.04. The van der Waals surface area contributed by atoms with E-state index in [0.717, 1.165) is 25.3 Å². The number of rotatable bonds is 4. The first kappa shape index (κ1) is 15.3. The predicted octanol–water partition coefficient (Wildman–Crippen LogP) is 2.99. The van der Waals surface area contributed by atoms with E-state index in [0.29, 0.717) is 17.6 Å². The van der Waals surface area contributed by atoms with E-state index in [9.17, 15) is 0 Å². The van der Waals surface area contributed by atoms with Gasteiger partial charge in [0, 0.05) is 31.0 Å². The minimum absolute atomic E-state index is 0.412. The fourth-order valence-electron chi connectivity index (χ4n) is 3.05. The number of nitriles is 1. The van der Waals surface area contributed by atoms with Gasteiger partial charge in [-0.05, 0) is 43.9 Å². The Labute approximate surface area is 137 Å². The monoisotopic (exact) mass is 307 g/mol. The van der Waals surface area contributed by atoms with Gasteiger partial charge in [-0.25, -0.2) is 9.97 Å². The average Bonchev–Trinajstić information content (AvgIpc) is 2.60. The second kappa shape index (κ2) is 7.10. The number of hydrogen-bond donors (Lipinski definition) is 1. The van der Waals surface area contributed by atoms with E-state index >= 15 is 0 Å². The molecular formula is C18H21N5. The van der Waals surface area contributed by atoms with Crippen LogP contribution in [0, 0.1) is 24.2 Å². The van der Waals surface area contributed by atoms with Crippen molar-refractivity contribution < 1.29 is 0 Å². The summed E-state index contributed by atoms with van der Waals surface area (Å²) >= 11 is 0. The molecular weight excluding hydrogens is 286 g/mol. The first-order valence-electron chi connectivity index (χ1n) is 8.04. The minimum Gasteiger partial charge on any atom is -0.371 e. The van der Waals surface area contributed by atoms with Gasteiger partial charge in [0.2, 0.25) is 5.95 Å². The number of aryl methyl sites for hydroxylation is 1. The smallest absolute Gasteiger partial charge is 0.224 e. The Morgan fingerprint density at radius 3 is 2.91 bits per heavy atom. The molecule has 1 fully saturated rings. The van der Waals surface area contributed by atoms with E-state index in [1.807, 2.05) is 13.0 Å². The van der Waals surface area contributed by atoms with Crippen LogP contribution in [0.1, 0.15) is 24.2 Å². The van der Waals surface area contributed by atoms with Gasteiger partial charge < -0.3 is 10.2 Å². The molecule has 1 aromatic heterocycles. The Morgan fingerprint density at radius 2 is 2.13 bits per heavy atom. The summed E-state index contributed by atoms with van der Waals surface area (Å²) in [5, 5.41) is 12.3. The molecule has 0 bridgehead atoms. The fraction of sp³-hybridized carbons (Fsp3) is 0.389. The SMILES string of the molecule is Cc1cc(C#N)nc(NCC2CCCN(c3ccccc3)C2)n1. The molecule has 5 heteroatoms. The molecule has 1 aliphatic heterocycles. The van der Waals surface area contributed by atoms with Crippen molar-refractivity contribution in [3.05, 3.63) is 47.8 Å². The van der Waals surface area contributed by atoms with Gasteiger partial charge in [0.05, 0.1) is 0 Å². The molecule has 2 heterocycles. The molecule has 0 radical (unpaired) electrons. The van der Waals surface area contributed by atoms with Gasteiger partial charge in [-0.1, -0.05) is 18.2 Å². The molecule has 1 saturated heterocycles. The predicted molar refractivity (Wildman–Crippen MR) is 91.4 cm³/mol. The van der Waals surface area contributed by atoms with Gasteiger partial charge >= 0.3 is 0 Å². The molecule has 0 spiro atoms. The standard InChI is InChI=1S/C18H21N5/c1-14-10-16(11-19)22-18(21-14)20-12-15-6-5-9-23(13-15)17-7-3-2-4-8-17/h2-4,7-8,10,15H,5-6,9,12-13H2,1H3,(H,20,21,22). The van der Waals surface area contributed by atoms with E-state index in [-0.39, 0.29) is 0 Å². The highest BCUT2D eigenvalue weighted by atomic mass is 15.2. The molecule has 2 aromatic rings. The zero-order valence-electron chi connectivity index (χ0n) is 13.4. The molecule has 118 valence electrons. The van der Waals surface area contributed by atoms with Gasteiger partial charge in [-0.15, -0.1) is 0 Å². The minimum atomic E-state index is 0.412. The van der Waals surface area contributed by atoms with E-state index in [1.54, 1.807) is 6.07 Å². The number of para-hydroxylation sites is 1. The lowest BCUT2D eigenvalue weighted by Crippen LogP contribution is -2.38. The van der Waals surface area contributed by atoms with Crippen LogP contribution in [0.25, 0.3) is 0 Å². The van der Waals surface area contributed by atoms with Gasteiger partial charge in [0.1, 0.15) is 11.8 Å². The average molecular weight is 307 g/mol. The topological polar surface area (TPSA) is 64.8 Å². The Balaban J connectivity index is 1.60. The Kier molecular flexibility index (Phi) is 4.72. The second-order valence-electron chi connectivity index (χ2n) is 6.00. The molecule has 1 N–H and O–H groups in total. The van der Waals surface area contributed by atoms with Crippen molar-refractivity contribution in [1.82, 2.24) is 9.97 Å². The number of anilines is 2. The number of hydrogen-bond acceptors (Lipinski definition) is 5. The number of nitrogens with zero attached hydrogens (tertiary/aromatic N) is 4. The second-order valence-corrected chi connectivity index (χ2v) is 6.00. The molecule has 1 aliphatic rings. The lowest BCUT2D eigenvalue weighted by molar-refractivity contribution is 0.431. The summed E-state index contributed by atoms with van der Waals surface area (Å²) in [4.78, 5) is 11.0. The first-order chi connectivity index (χ1) is 11.2. The Morgan fingerprint density at radius 1 is 1.30 bits per heavy atom. The maximum absolute atomic E-state index is 8.99. The summed E-state index contributed by atoms with van der Waals surface area (Å²) < 4.78 is 0. The van der Waals surface area contributed by atoms with Crippen molar-refractivity contribution in [3.63, 3.8) is 0 Å². The van der Waals surface area contributed by atoms with Crippen molar-refractivity contribution in [2.24, 2.45) is 5.92 Å². The van der Waals surface area contributed by atoms with Crippen LogP contribution in [0.5, 0.6) is 0 Å². The van der Waals surface area contributed by atoms with Gasteiger partial charge in [-0.3, -0.25) is 0 Å². The van der Waals surface area contributed by atoms with Crippen LogP contribution in [0.2, 0.25) is 0 Å². The molecule has 23 heavy (non-hydrogen) atoms. The molecule has 3 rings (SSSR count). The summed E-state index contributed by atoms with van der Waals surface area (Å²) in [6, 6.07) is 14.3. The highest BCUT2D eigenvalue weighted by Gasteiger charge is 2.20. The van der Waals surface area contributed by atoms with Crippen LogP contribution in [-0.2, 0) is 0 Å². The molecule has 1 aromatic carbocycles. The van der Waals surface area contributed by atoms with Crippen molar-refractivity contribution in [2.45, 2.75) is 19.8 Å². The van der Waals surface area contributed by atoms with Crippen molar-refractivity contribution in [3.8, 4) is 6.07 Å². The number of piperidine rings is 1. The van der Waals surface area contributed by atoms with Crippen LogP contribution in [0.15, 0.2) is 36.4 Å². The molecule has 1 unspecified atom stereocenters. The number of benzene rings is 1. The largest absolute Gasteiger partial charge is 0.371 e. The van der Waals surface area contributed by atoms with Crippen LogP contribution in [0.4, 0.5) is 11.6 Å². The van der Waals surface area contributed by atoms with E-state index in [4.69, 9.17) is 5.26 Å². The van der Waals surface area contributed by atoms with Gasteiger partial charge in [0.25, 0.3) is 0 Å². The number of nitrogens with one attached hydrogen (secondary N) is 1. The van der Waals surface area contributed by atoms with Crippen LogP contribution in [0.3, 0.4) is 0 Å². The molecule has 5 nitrogen and oxygen atoms in total. The van der Waals surface area contributed by atoms with Gasteiger partial charge in [-0.2, -0.15) is 5.26 Å². The summed E-state index contributed by atoms with van der Waals surface area (Å²) in [5.74, 6) is 1.11. The van der Waals surface area contributed by atoms with Crippen LogP contribution in [-0.4, -0.2) is 29.6 Å². The lowest BCUT2D eigenvalue weighted by atomic mass is 9.97. The summed E-state index contributed by atoms with van der Waals surface area (Å²) in [5.41, 5.74) is 2.51. The lowest BCUT2D eigenvalue weighted by Gasteiger charge is -2.34. The van der Waals surface area contributed by atoms with E-state index < -0.39 is 0 Å². The maximum Gasteiger partial charge on any atom is 0.224 e. The van der Waals surface area contributed by atoms with Crippen LogP contribution >= 0.6 is 0 Å². The molecule has 0 saturated carbocycles. The molecule has 1 atom stereocenters. The normalized spacial score (nSPS) is 17.6. The van der Waals surface area contributed by atoms with Crippen LogP contribution < -0.4 is 10.2 Å². The summed E-state index contributed by atoms with van der Waals surface area (Å²) in [7, 11) is 0. The maximum atomic E-state index is 8.99. The van der Waals surface area contributed by atoms with Crippen molar-refractivity contribution in [2.75, 3.05) is 29.9 Å². The van der Waals surface area contributed by atoms with Crippen molar-refractivity contribution in [1.29, 1.82) is 5.26 Å². The molecule has 0 amide bonds. The van der Waals surface area contributed by atoms with E-state index in [1.165, 1.54) is 18.5 Å². The fourth-order valence-corrected chi connectivity index (χ4v) is 3.05. The zero-order chi connectivity index (χ0) is 16.1. The Bertz CT molecular complexity index is 692. The third-order valence-electron chi connectivity index (χ3n) is 4.16. The molecule has 0 aliphatic carbocycles. The zero-order valence-corrected chi connectivity index (χ0v) is 13.4. The third kappa shape index (κ3) is 3.98. The quantitative estimate of drug-likeness (QED) is 0.940. The number of aromatic nitrogens is 2. The summed E-state index contributed by atoms with van der Waals surface area (Å²) in [6.45, 7) is 4.86. The van der Waals surface area contributed by atoms with Gasteiger partial charge in [0.15, 0.2) is 0 Å². The van der Waals surface area contributed by atoms with E-state index in [2.05, 4.69) is 50.5 Å².